The van der Waals surface area contributed by atoms with Crippen LogP contribution in [0.2, 0.25) is 0 Å². The summed E-state index contributed by atoms with van der Waals surface area (Å²) in [6, 6.07) is 0.244. The molecule has 3 atom stereocenters. The second-order valence-electron chi connectivity index (χ2n) is 8.86. The van der Waals surface area contributed by atoms with Gasteiger partial charge < -0.3 is 5.32 Å². The number of carbonyl (C=O) groups is 2. The van der Waals surface area contributed by atoms with Gasteiger partial charge in [0.05, 0.1) is 17.6 Å². The van der Waals surface area contributed by atoms with Crippen LogP contribution in [0.25, 0.3) is 0 Å². The zero-order chi connectivity index (χ0) is 19.4. The lowest BCUT2D eigenvalue weighted by molar-refractivity contribution is -0.129. The largest absolute Gasteiger partial charge is 0.302 e. The molecule has 26 heavy (non-hydrogen) atoms. The van der Waals surface area contributed by atoms with Gasteiger partial charge in [0.1, 0.15) is 0 Å². The molecule has 2 heterocycles. The van der Waals surface area contributed by atoms with Gasteiger partial charge in [0, 0.05) is 31.6 Å². The first-order valence-electron chi connectivity index (χ1n) is 10.2. The molecule has 0 aliphatic carbocycles. The van der Waals surface area contributed by atoms with Crippen molar-refractivity contribution in [3.05, 3.63) is 12.2 Å². The summed E-state index contributed by atoms with van der Waals surface area (Å²) < 4.78 is 0. The van der Waals surface area contributed by atoms with Gasteiger partial charge in [0.25, 0.3) is 0 Å². The Morgan fingerprint density at radius 1 is 1.23 bits per heavy atom. The first kappa shape index (κ1) is 21.3. The highest BCUT2D eigenvalue weighted by atomic mass is 16.1. The van der Waals surface area contributed by atoms with Crippen LogP contribution in [-0.2, 0) is 9.59 Å². The fraction of sp³-hybridized carbons (Fsp3) is 0.810. The topological polar surface area (TPSA) is 61.4 Å². The maximum atomic E-state index is 13.2. The van der Waals surface area contributed by atoms with Crippen LogP contribution < -0.4 is 10.6 Å². The quantitative estimate of drug-likeness (QED) is 0.751. The fourth-order valence-electron chi connectivity index (χ4n) is 4.32. The van der Waals surface area contributed by atoms with Crippen LogP contribution in [0.5, 0.6) is 0 Å². The van der Waals surface area contributed by atoms with E-state index < -0.39 is 11.1 Å². The van der Waals surface area contributed by atoms with Crippen LogP contribution in [0.4, 0.5) is 0 Å². The Labute approximate surface area is 159 Å². The van der Waals surface area contributed by atoms with E-state index in [0.29, 0.717) is 0 Å². The van der Waals surface area contributed by atoms with E-state index in [2.05, 4.69) is 41.5 Å². The third-order valence-electron chi connectivity index (χ3n) is 5.73. The van der Waals surface area contributed by atoms with Gasteiger partial charge in [-0.25, -0.2) is 0 Å². The normalized spacial score (nSPS) is 33.8. The second-order valence-corrected chi connectivity index (χ2v) is 8.86. The molecule has 0 radical (unpaired) electrons. The minimum atomic E-state index is -0.636. The molecule has 0 aromatic heterocycles. The van der Waals surface area contributed by atoms with Crippen molar-refractivity contribution in [1.29, 1.82) is 0 Å². The zero-order valence-electron chi connectivity index (χ0n) is 17.2. The number of Topliss-reactive ketones (excluding diaryl/α,β-unsaturated/α-hetero) is 2. The molecule has 5 nitrogen and oxygen atoms in total. The van der Waals surface area contributed by atoms with Gasteiger partial charge in [-0.15, -0.1) is 0 Å². The Balaban J connectivity index is 2.25. The molecule has 1 saturated heterocycles. The van der Waals surface area contributed by atoms with E-state index in [1.807, 2.05) is 20.8 Å². The summed E-state index contributed by atoms with van der Waals surface area (Å²) >= 11 is 0. The van der Waals surface area contributed by atoms with Crippen LogP contribution in [0, 0.1) is 5.92 Å². The molecule has 2 aliphatic heterocycles. The number of hydrogen-bond donors (Lipinski definition) is 2. The van der Waals surface area contributed by atoms with Crippen LogP contribution in [0.1, 0.15) is 60.3 Å². The lowest BCUT2D eigenvalue weighted by atomic mass is 9.83. The van der Waals surface area contributed by atoms with Crippen LogP contribution in [0.3, 0.4) is 0 Å². The predicted molar refractivity (Wildman–Crippen MR) is 106 cm³/mol. The van der Waals surface area contributed by atoms with E-state index in [4.69, 9.17) is 0 Å². The van der Waals surface area contributed by atoms with E-state index in [9.17, 15) is 9.59 Å². The number of fused-ring (bicyclic) bond motifs is 2. The molecule has 5 heteroatoms. The highest BCUT2D eigenvalue weighted by Crippen LogP contribution is 2.25. The predicted octanol–water partition coefficient (Wildman–Crippen LogP) is 2.31. The minimum Gasteiger partial charge on any atom is -0.302 e. The third-order valence-corrected chi connectivity index (χ3v) is 5.73. The van der Waals surface area contributed by atoms with Crippen molar-refractivity contribution in [3.8, 4) is 0 Å². The Hall–Kier alpha value is -1.04. The molecule has 0 spiro atoms. The van der Waals surface area contributed by atoms with Crippen molar-refractivity contribution in [2.24, 2.45) is 5.92 Å². The van der Waals surface area contributed by atoms with E-state index in [1.165, 1.54) is 0 Å². The van der Waals surface area contributed by atoms with Gasteiger partial charge in [-0.1, -0.05) is 26.0 Å². The molecule has 0 aromatic rings. The van der Waals surface area contributed by atoms with Gasteiger partial charge in [0.15, 0.2) is 11.6 Å². The molecular weight excluding hydrogens is 326 g/mol. The summed E-state index contributed by atoms with van der Waals surface area (Å²) in [5.74, 6) is 0.335. The summed E-state index contributed by atoms with van der Waals surface area (Å²) in [4.78, 5) is 28.4. The number of ketones is 2. The Bertz CT molecular complexity index is 543. The lowest BCUT2D eigenvalue weighted by Crippen LogP contribution is -2.61. The molecular formula is C21H37N3O2. The number of nitrogens with zero attached hydrogens (tertiary/aromatic N) is 1. The molecule has 0 amide bonds. The number of allylic oxidation sites excluding steroid dienone is 1. The van der Waals surface area contributed by atoms with Crippen molar-refractivity contribution in [2.45, 2.75) is 77.4 Å². The number of hydrogen-bond acceptors (Lipinski definition) is 5. The monoisotopic (exact) mass is 363 g/mol. The van der Waals surface area contributed by atoms with Crippen molar-refractivity contribution in [1.82, 2.24) is 15.5 Å². The summed E-state index contributed by atoms with van der Waals surface area (Å²) in [7, 11) is 0. The zero-order valence-corrected chi connectivity index (χ0v) is 17.2. The number of rotatable bonds is 4. The minimum absolute atomic E-state index is 0.0430. The molecule has 148 valence electrons. The van der Waals surface area contributed by atoms with E-state index in [1.54, 1.807) is 0 Å². The average Bonchev–Trinajstić information content (AvgIpc) is 2.98. The molecule has 2 bridgehead atoms. The third kappa shape index (κ3) is 5.02. The highest BCUT2D eigenvalue weighted by molar-refractivity contribution is 5.93. The molecule has 0 aromatic carbocycles. The molecule has 2 rings (SSSR count). The van der Waals surface area contributed by atoms with Crippen LogP contribution >= 0.6 is 0 Å². The van der Waals surface area contributed by atoms with E-state index >= 15 is 0 Å². The average molecular weight is 364 g/mol. The summed E-state index contributed by atoms with van der Waals surface area (Å²) in [5.41, 5.74) is -1.14. The van der Waals surface area contributed by atoms with Gasteiger partial charge in [0.2, 0.25) is 0 Å². The van der Waals surface area contributed by atoms with Gasteiger partial charge >= 0.3 is 0 Å². The smallest absolute Gasteiger partial charge is 0.167 e. The second kappa shape index (κ2) is 8.77. The Kier molecular flexibility index (Phi) is 7.17. The Morgan fingerprint density at radius 3 is 2.62 bits per heavy atom. The number of carbonyl (C=O) groups excluding carboxylic acids is 2. The highest BCUT2D eigenvalue weighted by Gasteiger charge is 2.45. The van der Waals surface area contributed by atoms with Crippen LogP contribution in [0.15, 0.2) is 12.2 Å². The molecule has 2 aliphatic rings. The van der Waals surface area contributed by atoms with Crippen LogP contribution in [-0.4, -0.2) is 59.8 Å². The Morgan fingerprint density at radius 2 is 1.96 bits per heavy atom. The summed E-state index contributed by atoms with van der Waals surface area (Å²) in [6.45, 7) is 12.8. The van der Waals surface area contributed by atoms with E-state index in [-0.39, 0.29) is 30.1 Å². The van der Waals surface area contributed by atoms with Crippen molar-refractivity contribution >= 4 is 11.6 Å². The number of nitrogens with one attached hydrogen (secondary N) is 2. The first-order chi connectivity index (χ1) is 12.2. The standard InChI is InChI=1S/C21H37N3O2/c1-16(2)19(26)20(5)10-8-6-7-9-12-24-13-11-21(15-24,23-17(3)4)18(25)14-22-20/h7,9,16-17,22-23H,6,8,10-15H2,1-5H3/t20-,21-/m0/s1. The maximum absolute atomic E-state index is 13.2. The van der Waals surface area contributed by atoms with Crippen molar-refractivity contribution in [3.63, 3.8) is 0 Å². The summed E-state index contributed by atoms with van der Waals surface area (Å²) in [5, 5.41) is 6.91. The van der Waals surface area contributed by atoms with Crippen molar-refractivity contribution in [2.75, 3.05) is 26.2 Å². The molecule has 1 fully saturated rings. The van der Waals surface area contributed by atoms with Gasteiger partial charge in [-0.2, -0.15) is 0 Å². The van der Waals surface area contributed by atoms with Gasteiger partial charge in [-0.05, 0) is 46.5 Å². The summed E-state index contributed by atoms with van der Waals surface area (Å²) in [6.07, 6.45) is 7.94. The molecule has 2 N–H and O–H groups in total. The van der Waals surface area contributed by atoms with Gasteiger partial charge in [-0.3, -0.25) is 19.8 Å². The van der Waals surface area contributed by atoms with Crippen molar-refractivity contribution < 1.29 is 9.59 Å². The molecule has 1 unspecified atom stereocenters. The maximum Gasteiger partial charge on any atom is 0.167 e. The SMILES string of the molecule is CC(C)N[C@]12CCN(CC=CCCC[C@@](C)(C(=O)C(C)C)NCC1=O)C2. The van der Waals surface area contributed by atoms with E-state index in [0.717, 1.165) is 45.3 Å². The first-order valence-corrected chi connectivity index (χ1v) is 10.2. The fourth-order valence-corrected chi connectivity index (χ4v) is 4.32. The molecule has 0 saturated carbocycles. The lowest BCUT2D eigenvalue weighted by Gasteiger charge is -2.35.